The summed E-state index contributed by atoms with van der Waals surface area (Å²) in [7, 11) is 1.54. The van der Waals surface area contributed by atoms with Gasteiger partial charge in [0, 0.05) is 12.7 Å². The molecule has 1 heteroatoms. The van der Waals surface area contributed by atoms with E-state index in [0.717, 1.165) is 11.1 Å². The molecule has 2 aromatic carbocycles. The Hall–Kier alpha value is -2.30. The molecule has 19 heavy (non-hydrogen) atoms. The summed E-state index contributed by atoms with van der Waals surface area (Å²) in [6, 6.07) is 18.2. The maximum Gasteiger partial charge on any atom is 0.217 e. The van der Waals surface area contributed by atoms with E-state index < -0.39 is 0 Å². The second-order valence-electron chi connectivity index (χ2n) is 3.89. The molecule has 0 N–H and O–H groups in total. The Morgan fingerprint density at radius 2 is 1.63 bits per heavy atom. The fraction of sp³-hybridized carbons (Fsp3) is 0.0556. The topological polar surface area (TPSA) is 9.23 Å². The van der Waals surface area contributed by atoms with Crippen molar-refractivity contribution in [2.75, 3.05) is 7.11 Å². The zero-order valence-electron chi connectivity index (χ0n) is 10.8. The van der Waals surface area contributed by atoms with Crippen LogP contribution in [0, 0.1) is 18.4 Å². The van der Waals surface area contributed by atoms with Crippen molar-refractivity contribution in [1.82, 2.24) is 0 Å². The molecule has 1 nitrogen and oxygen atoms in total. The first kappa shape index (κ1) is 13.1. The average Bonchev–Trinajstić information content (AvgIpc) is 2.48. The van der Waals surface area contributed by atoms with Gasteiger partial charge >= 0.3 is 0 Å². The molecule has 0 aromatic heterocycles. The van der Waals surface area contributed by atoms with Gasteiger partial charge in [0.05, 0.1) is 0 Å². The SMILES string of the molecule is CO[C]C#Cc1ccccc1/C=C/c1ccccc1. The van der Waals surface area contributed by atoms with Crippen molar-refractivity contribution >= 4 is 12.2 Å². The van der Waals surface area contributed by atoms with Gasteiger partial charge in [-0.25, -0.2) is 0 Å². The predicted molar refractivity (Wildman–Crippen MR) is 78.9 cm³/mol. The molecule has 0 unspecified atom stereocenters. The smallest absolute Gasteiger partial charge is 0.217 e. The molecule has 0 aliphatic carbocycles. The predicted octanol–water partition coefficient (Wildman–Crippen LogP) is 3.89. The van der Waals surface area contributed by atoms with Crippen LogP contribution in [-0.4, -0.2) is 7.11 Å². The van der Waals surface area contributed by atoms with Crippen LogP contribution in [0.3, 0.4) is 0 Å². The van der Waals surface area contributed by atoms with Crippen LogP contribution in [0.25, 0.3) is 12.2 Å². The van der Waals surface area contributed by atoms with Crippen LogP contribution in [0.1, 0.15) is 16.7 Å². The van der Waals surface area contributed by atoms with E-state index in [1.165, 1.54) is 12.7 Å². The van der Waals surface area contributed by atoms with E-state index in [-0.39, 0.29) is 0 Å². The second-order valence-corrected chi connectivity index (χ2v) is 3.89. The van der Waals surface area contributed by atoms with Gasteiger partial charge in [0.25, 0.3) is 0 Å². The Balaban J connectivity index is 2.21. The summed E-state index contributed by atoms with van der Waals surface area (Å²) in [4.78, 5) is 0. The van der Waals surface area contributed by atoms with Gasteiger partial charge in [0.1, 0.15) is 0 Å². The normalized spacial score (nSPS) is 10.2. The van der Waals surface area contributed by atoms with Gasteiger partial charge in [-0.2, -0.15) is 0 Å². The fourth-order valence-corrected chi connectivity index (χ4v) is 1.65. The molecular formula is C18H14O. The molecule has 0 saturated carbocycles. The lowest BCUT2D eigenvalue weighted by molar-refractivity contribution is 0.301. The fourth-order valence-electron chi connectivity index (χ4n) is 1.65. The number of hydrogen-bond acceptors (Lipinski definition) is 1. The lowest BCUT2D eigenvalue weighted by Gasteiger charge is -1.98. The van der Waals surface area contributed by atoms with Gasteiger partial charge in [-0.3, -0.25) is 0 Å². The van der Waals surface area contributed by atoms with Crippen LogP contribution in [0.15, 0.2) is 54.6 Å². The highest BCUT2D eigenvalue weighted by molar-refractivity contribution is 5.72. The minimum absolute atomic E-state index is 0.958. The maximum atomic E-state index is 4.69. The highest BCUT2D eigenvalue weighted by Gasteiger charge is 1.94. The molecule has 0 heterocycles. The first-order valence-electron chi connectivity index (χ1n) is 6.01. The Morgan fingerprint density at radius 1 is 0.895 bits per heavy atom. The average molecular weight is 246 g/mol. The second kappa shape index (κ2) is 7.20. The lowest BCUT2D eigenvalue weighted by atomic mass is 10.1. The van der Waals surface area contributed by atoms with E-state index in [1.807, 2.05) is 42.5 Å². The van der Waals surface area contributed by atoms with Crippen molar-refractivity contribution in [2.24, 2.45) is 0 Å². The third-order valence-corrected chi connectivity index (χ3v) is 2.57. The molecule has 0 bridgehead atoms. The summed E-state index contributed by atoms with van der Waals surface area (Å²) in [6.45, 7) is 2.51. The Kier molecular flexibility index (Phi) is 4.98. The first-order valence-corrected chi connectivity index (χ1v) is 6.01. The molecule has 0 aliphatic rings. The molecule has 92 valence electrons. The van der Waals surface area contributed by atoms with E-state index >= 15 is 0 Å². The molecule has 0 fully saturated rings. The van der Waals surface area contributed by atoms with E-state index in [1.54, 1.807) is 0 Å². The number of hydrogen-bond donors (Lipinski definition) is 0. The van der Waals surface area contributed by atoms with Crippen molar-refractivity contribution < 1.29 is 4.74 Å². The number of benzene rings is 2. The van der Waals surface area contributed by atoms with E-state index in [4.69, 9.17) is 4.74 Å². The van der Waals surface area contributed by atoms with Crippen LogP contribution in [-0.2, 0) is 4.74 Å². The van der Waals surface area contributed by atoms with Crippen molar-refractivity contribution in [2.45, 2.75) is 0 Å². The summed E-state index contributed by atoms with van der Waals surface area (Å²) in [6.07, 6.45) is 4.14. The monoisotopic (exact) mass is 246 g/mol. The van der Waals surface area contributed by atoms with E-state index in [9.17, 15) is 0 Å². The Labute approximate surface area is 114 Å². The van der Waals surface area contributed by atoms with Crippen LogP contribution >= 0.6 is 0 Å². The molecule has 2 rings (SSSR count). The summed E-state index contributed by atoms with van der Waals surface area (Å²) in [5, 5.41) is 0. The minimum atomic E-state index is 0.958. The quantitative estimate of drug-likeness (QED) is 0.589. The van der Waals surface area contributed by atoms with Gasteiger partial charge in [0.2, 0.25) is 6.61 Å². The third-order valence-electron chi connectivity index (χ3n) is 2.57. The summed E-state index contributed by atoms with van der Waals surface area (Å²) < 4.78 is 4.69. The van der Waals surface area contributed by atoms with Crippen LogP contribution in [0.2, 0.25) is 0 Å². The van der Waals surface area contributed by atoms with Crippen molar-refractivity contribution in [3.05, 3.63) is 77.9 Å². The van der Waals surface area contributed by atoms with Crippen LogP contribution in [0.4, 0.5) is 0 Å². The van der Waals surface area contributed by atoms with E-state index in [0.29, 0.717) is 0 Å². The van der Waals surface area contributed by atoms with Gasteiger partial charge < -0.3 is 4.74 Å². The molecule has 2 aromatic rings. The molecule has 0 amide bonds. The summed E-state index contributed by atoms with van der Waals surface area (Å²) in [5.74, 6) is 5.75. The maximum absolute atomic E-state index is 4.69. The molecule has 0 aliphatic heterocycles. The first-order chi connectivity index (χ1) is 9.40. The molecular weight excluding hydrogens is 232 g/mol. The molecule has 0 atom stereocenters. The largest absolute Gasteiger partial charge is 0.358 e. The Morgan fingerprint density at radius 3 is 2.42 bits per heavy atom. The number of rotatable bonds is 3. The van der Waals surface area contributed by atoms with Gasteiger partial charge in [0.15, 0.2) is 0 Å². The summed E-state index contributed by atoms with van der Waals surface area (Å²) in [5.41, 5.74) is 3.20. The summed E-state index contributed by atoms with van der Waals surface area (Å²) >= 11 is 0. The molecule has 0 spiro atoms. The van der Waals surface area contributed by atoms with Gasteiger partial charge in [-0.15, -0.1) is 0 Å². The number of methoxy groups -OCH3 is 1. The Bertz CT molecular complexity index is 600. The van der Waals surface area contributed by atoms with Crippen molar-refractivity contribution in [1.29, 1.82) is 0 Å². The van der Waals surface area contributed by atoms with Gasteiger partial charge in [-0.1, -0.05) is 72.5 Å². The highest BCUT2D eigenvalue weighted by Crippen LogP contribution is 2.12. The van der Waals surface area contributed by atoms with Crippen LogP contribution < -0.4 is 0 Å². The zero-order chi connectivity index (χ0) is 13.3. The van der Waals surface area contributed by atoms with E-state index in [2.05, 4.69) is 42.7 Å². The highest BCUT2D eigenvalue weighted by atomic mass is 16.5. The third kappa shape index (κ3) is 4.13. The molecule has 0 saturated heterocycles. The van der Waals surface area contributed by atoms with Crippen molar-refractivity contribution in [3.63, 3.8) is 0 Å². The minimum Gasteiger partial charge on any atom is -0.358 e. The van der Waals surface area contributed by atoms with Crippen LogP contribution in [0.5, 0.6) is 0 Å². The lowest BCUT2D eigenvalue weighted by Crippen LogP contribution is -1.82. The number of ether oxygens (including phenoxy) is 1. The van der Waals surface area contributed by atoms with Gasteiger partial charge in [-0.05, 0) is 17.2 Å². The zero-order valence-corrected chi connectivity index (χ0v) is 10.8. The van der Waals surface area contributed by atoms with Crippen molar-refractivity contribution in [3.8, 4) is 11.8 Å². The standard InChI is InChI=1S/C18H14O/c1-19-15-7-12-17-10-5-6-11-18(17)14-13-16-8-3-2-4-9-16/h2-6,8-11,13-14H,1H3/b14-13+. The molecule has 2 radical (unpaired) electrons.